The van der Waals surface area contributed by atoms with E-state index >= 15 is 0 Å². The molecule has 0 bridgehead atoms. The molecule has 2 aromatic rings. The Morgan fingerprint density at radius 2 is 1.70 bits per heavy atom. The molecule has 0 radical (unpaired) electrons. The third-order valence-electron chi connectivity index (χ3n) is 6.55. The molecule has 1 heterocycles. The molecule has 0 amide bonds. The van der Waals surface area contributed by atoms with Crippen LogP contribution in [0.3, 0.4) is 0 Å². The van der Waals surface area contributed by atoms with Crippen molar-refractivity contribution in [2.45, 2.75) is 39.5 Å². The zero-order chi connectivity index (χ0) is 23.6. The van der Waals surface area contributed by atoms with E-state index in [2.05, 4.69) is 4.98 Å². The monoisotopic (exact) mass is 451 g/mol. The summed E-state index contributed by atoms with van der Waals surface area (Å²) >= 11 is 0. The molecule has 1 atom stereocenters. The van der Waals surface area contributed by atoms with Crippen LogP contribution in [0.25, 0.3) is 17.3 Å². The van der Waals surface area contributed by atoms with Crippen LogP contribution >= 0.6 is 0 Å². The lowest BCUT2D eigenvalue weighted by molar-refractivity contribution is -0.178. The summed E-state index contributed by atoms with van der Waals surface area (Å²) in [5.74, 6) is -2.12. The van der Waals surface area contributed by atoms with Gasteiger partial charge < -0.3 is 9.47 Å². The number of aromatic nitrogens is 1. The number of pyridine rings is 1. The number of hydrogen-bond donors (Lipinski definition) is 0. The van der Waals surface area contributed by atoms with Gasteiger partial charge in [-0.15, -0.1) is 0 Å². The van der Waals surface area contributed by atoms with Crippen LogP contribution in [-0.4, -0.2) is 35.9 Å². The summed E-state index contributed by atoms with van der Waals surface area (Å²) in [7, 11) is 0. The molecule has 2 aliphatic rings. The molecule has 1 saturated carbocycles. The number of halogens is 1. The first kappa shape index (κ1) is 22.8. The van der Waals surface area contributed by atoms with Crippen molar-refractivity contribution in [1.29, 1.82) is 0 Å². The van der Waals surface area contributed by atoms with Gasteiger partial charge in [0.15, 0.2) is 5.41 Å². The highest BCUT2D eigenvalue weighted by Gasteiger charge is 2.58. The Morgan fingerprint density at radius 3 is 2.30 bits per heavy atom. The van der Waals surface area contributed by atoms with Crippen molar-refractivity contribution in [3.8, 4) is 11.3 Å². The summed E-state index contributed by atoms with van der Waals surface area (Å²) in [5.41, 5.74) is -0.415. The minimum atomic E-state index is -1.63. The summed E-state index contributed by atoms with van der Waals surface area (Å²) in [6.45, 7) is 3.51. The predicted octanol–water partition coefficient (Wildman–Crippen LogP) is 4.31. The van der Waals surface area contributed by atoms with E-state index in [0.717, 1.165) is 0 Å². The third kappa shape index (κ3) is 3.96. The average molecular weight is 451 g/mol. The maximum Gasteiger partial charge on any atom is 0.323 e. The predicted molar refractivity (Wildman–Crippen MR) is 119 cm³/mol. The van der Waals surface area contributed by atoms with E-state index in [1.807, 2.05) is 18.2 Å². The fraction of sp³-hybridized carbons (Fsp3) is 0.385. The highest BCUT2D eigenvalue weighted by Crippen LogP contribution is 2.49. The van der Waals surface area contributed by atoms with Crippen LogP contribution in [0, 0.1) is 16.6 Å². The Hall–Kier alpha value is -3.35. The molecule has 0 N–H and O–H groups in total. The highest BCUT2D eigenvalue weighted by molar-refractivity contribution is 6.06. The van der Waals surface area contributed by atoms with Crippen LogP contribution in [0.1, 0.15) is 44.4 Å². The van der Waals surface area contributed by atoms with Gasteiger partial charge in [0.2, 0.25) is 0 Å². The fourth-order valence-electron chi connectivity index (χ4n) is 4.68. The fourth-order valence-corrected chi connectivity index (χ4v) is 4.68. The van der Waals surface area contributed by atoms with Crippen LogP contribution in [0.4, 0.5) is 4.39 Å². The Bertz CT molecular complexity index is 1110. The molecule has 1 fully saturated rings. The van der Waals surface area contributed by atoms with Crippen molar-refractivity contribution < 1.29 is 28.2 Å². The summed E-state index contributed by atoms with van der Waals surface area (Å²) in [5, 5.41) is 0. The first-order chi connectivity index (χ1) is 15.8. The molecule has 1 spiro atoms. The van der Waals surface area contributed by atoms with Crippen molar-refractivity contribution in [2.24, 2.45) is 10.8 Å². The second-order valence-corrected chi connectivity index (χ2v) is 8.51. The number of fused-ring (bicyclic) bond motifs is 1. The summed E-state index contributed by atoms with van der Waals surface area (Å²) < 4.78 is 25.0. The molecule has 172 valence electrons. The minimum absolute atomic E-state index is 0.102. The van der Waals surface area contributed by atoms with Crippen molar-refractivity contribution in [1.82, 2.24) is 4.98 Å². The number of rotatable bonds is 5. The molecule has 2 aliphatic carbocycles. The van der Waals surface area contributed by atoms with E-state index in [4.69, 9.17) is 9.47 Å². The molecule has 1 aromatic carbocycles. The molecule has 6 nitrogen and oxygen atoms in total. The van der Waals surface area contributed by atoms with E-state index < -0.39 is 28.6 Å². The van der Waals surface area contributed by atoms with E-state index in [1.54, 1.807) is 38.1 Å². The van der Waals surface area contributed by atoms with Crippen molar-refractivity contribution in [2.75, 3.05) is 13.2 Å². The van der Waals surface area contributed by atoms with Gasteiger partial charge in [0.05, 0.1) is 18.6 Å². The number of Topliss-reactive ketones (excluding diaryl/α,β-unsaturated/α-hetero) is 1. The zero-order valence-electron chi connectivity index (χ0n) is 18.7. The van der Waals surface area contributed by atoms with Crippen LogP contribution < -0.4 is 0 Å². The second-order valence-electron chi connectivity index (χ2n) is 8.51. The van der Waals surface area contributed by atoms with Crippen molar-refractivity contribution in [3.05, 3.63) is 59.5 Å². The average Bonchev–Trinajstić information content (AvgIpc) is 2.81. The van der Waals surface area contributed by atoms with Gasteiger partial charge in [0, 0.05) is 24.1 Å². The van der Waals surface area contributed by atoms with Gasteiger partial charge in [-0.25, -0.2) is 9.37 Å². The second kappa shape index (κ2) is 8.89. The number of nitrogens with zero attached hydrogens (tertiary/aromatic N) is 1. The van der Waals surface area contributed by atoms with Gasteiger partial charge in [-0.2, -0.15) is 0 Å². The molecule has 0 aliphatic heterocycles. The van der Waals surface area contributed by atoms with Crippen LogP contribution in [0.2, 0.25) is 0 Å². The molecule has 0 unspecified atom stereocenters. The van der Waals surface area contributed by atoms with E-state index in [0.29, 0.717) is 16.8 Å². The molecule has 4 rings (SSSR count). The lowest BCUT2D eigenvalue weighted by atomic mass is 9.60. The van der Waals surface area contributed by atoms with Crippen LogP contribution in [0.5, 0.6) is 0 Å². The molecular weight excluding hydrogens is 425 g/mol. The first-order valence-electron chi connectivity index (χ1n) is 11.2. The van der Waals surface area contributed by atoms with Gasteiger partial charge in [-0.05, 0) is 38.3 Å². The lowest BCUT2D eigenvalue weighted by Crippen LogP contribution is -2.51. The largest absolute Gasteiger partial charge is 0.465 e. The Labute approximate surface area is 191 Å². The summed E-state index contributed by atoms with van der Waals surface area (Å²) in [6, 6.07) is 10.5. The lowest BCUT2D eigenvalue weighted by Gasteiger charge is -2.42. The molecule has 1 aromatic heterocycles. The number of ether oxygens (including phenoxy) is 2. The van der Waals surface area contributed by atoms with Gasteiger partial charge in [-0.3, -0.25) is 14.4 Å². The van der Waals surface area contributed by atoms with E-state index in [1.165, 1.54) is 6.07 Å². The molecular formula is C26H26FNO5. The maximum absolute atomic E-state index is 14.7. The van der Waals surface area contributed by atoms with Crippen molar-refractivity contribution >= 4 is 23.8 Å². The van der Waals surface area contributed by atoms with E-state index in [-0.39, 0.29) is 50.4 Å². The Morgan fingerprint density at radius 1 is 1.03 bits per heavy atom. The third-order valence-corrected chi connectivity index (χ3v) is 6.55. The van der Waals surface area contributed by atoms with Crippen LogP contribution in [0.15, 0.2) is 42.5 Å². The van der Waals surface area contributed by atoms with Gasteiger partial charge in [0.1, 0.15) is 17.3 Å². The number of hydrogen-bond acceptors (Lipinski definition) is 6. The quantitative estimate of drug-likeness (QED) is 0.498. The molecule has 33 heavy (non-hydrogen) atoms. The smallest absolute Gasteiger partial charge is 0.323 e. The summed E-state index contributed by atoms with van der Waals surface area (Å²) in [6.07, 6.45) is 3.85. The number of allylic oxidation sites excluding steroid dienone is 1. The van der Waals surface area contributed by atoms with Crippen molar-refractivity contribution in [3.63, 3.8) is 0 Å². The normalized spacial score (nSPS) is 20.9. The number of carbonyl (C=O) groups is 3. The highest BCUT2D eigenvalue weighted by atomic mass is 19.1. The minimum Gasteiger partial charge on any atom is -0.465 e. The number of esters is 2. The van der Waals surface area contributed by atoms with Gasteiger partial charge >= 0.3 is 11.9 Å². The number of benzene rings is 1. The molecule has 0 saturated heterocycles. The van der Waals surface area contributed by atoms with Gasteiger partial charge in [-0.1, -0.05) is 42.5 Å². The van der Waals surface area contributed by atoms with Gasteiger partial charge in [0.25, 0.3) is 0 Å². The Kier molecular flexibility index (Phi) is 6.15. The topological polar surface area (TPSA) is 82.6 Å². The SMILES string of the molecule is CCOC(=O)C1(C(=O)OCC)CC[C@]2(C=Cc3cc(F)c(-c4ccccc4)nc3C2)C(=O)C1. The van der Waals surface area contributed by atoms with E-state index in [9.17, 15) is 18.8 Å². The number of carbonyl (C=O) groups excluding carboxylic acids is 3. The first-order valence-corrected chi connectivity index (χ1v) is 11.2. The molecule has 7 heteroatoms. The maximum atomic E-state index is 14.7. The summed E-state index contributed by atoms with van der Waals surface area (Å²) in [4.78, 5) is 43.5. The zero-order valence-corrected chi connectivity index (χ0v) is 18.7. The standard InChI is InChI=1S/C26H26FNO5/c1-3-32-23(30)26(24(31)33-4-2)13-12-25(21(29)16-26)11-10-18-14-19(27)22(28-20(18)15-25)17-8-6-5-7-9-17/h5-11,14H,3-4,12-13,15-16H2,1-2H3/t25-/m0/s1. The van der Waals surface area contributed by atoms with Crippen LogP contribution in [-0.2, 0) is 30.3 Å². The number of ketones is 1. The Balaban J connectivity index is 1.66.